The van der Waals surface area contributed by atoms with Crippen molar-refractivity contribution in [1.82, 2.24) is 10.3 Å². The number of aryl methyl sites for hydroxylation is 1. The van der Waals surface area contributed by atoms with Gasteiger partial charge in [0.2, 0.25) is 0 Å². The second-order valence-electron chi connectivity index (χ2n) is 4.46. The van der Waals surface area contributed by atoms with E-state index in [0.717, 1.165) is 16.7 Å². The van der Waals surface area contributed by atoms with Crippen LogP contribution in [0.2, 0.25) is 0 Å². The van der Waals surface area contributed by atoms with Gasteiger partial charge in [-0.25, -0.2) is 0 Å². The first-order valence-electron chi connectivity index (χ1n) is 6.17. The van der Waals surface area contributed by atoms with Crippen molar-refractivity contribution in [2.75, 3.05) is 0 Å². The molecule has 0 saturated heterocycles. The van der Waals surface area contributed by atoms with Gasteiger partial charge in [-0.15, -0.1) is 0 Å². The number of rotatable bonds is 4. The van der Waals surface area contributed by atoms with Crippen LogP contribution in [-0.2, 0) is 13.1 Å². The van der Waals surface area contributed by atoms with Crippen LogP contribution in [0.5, 0.6) is 0 Å². The summed E-state index contributed by atoms with van der Waals surface area (Å²) in [7, 11) is 0. The Morgan fingerprint density at radius 3 is 2.79 bits per heavy atom. The Labute approximate surface area is 112 Å². The number of pyridine rings is 1. The summed E-state index contributed by atoms with van der Waals surface area (Å²) >= 11 is 0. The molecular weight excluding hydrogens is 238 g/mol. The van der Waals surface area contributed by atoms with Gasteiger partial charge in [0.15, 0.2) is 0 Å². The Balaban J connectivity index is 2.00. The number of nitrogens with zero attached hydrogens (tertiary/aromatic N) is 1. The average molecular weight is 255 g/mol. The smallest absolute Gasteiger partial charge is 0.253 e. The number of carbonyl (C=O) groups is 1. The maximum absolute atomic E-state index is 11.9. The number of carbonyl (C=O) groups excluding carboxylic acids is 1. The first kappa shape index (κ1) is 13.2. The highest BCUT2D eigenvalue weighted by atomic mass is 16.1. The summed E-state index contributed by atoms with van der Waals surface area (Å²) in [6, 6.07) is 9.69. The van der Waals surface area contributed by atoms with Crippen LogP contribution in [0, 0.1) is 6.92 Å². The molecular formula is C15H17N3O. The third kappa shape index (κ3) is 3.63. The standard InChI is InChI=1S/C15H17N3O/c1-11-5-14(10-17-8-11)15(19)18-9-13-4-2-3-12(6-13)7-16/h2-6,8,10H,7,9,16H2,1H3,(H,18,19). The number of hydrogen-bond acceptors (Lipinski definition) is 3. The van der Waals surface area contributed by atoms with E-state index in [1.807, 2.05) is 37.3 Å². The number of benzene rings is 1. The minimum absolute atomic E-state index is 0.116. The van der Waals surface area contributed by atoms with Crippen LogP contribution < -0.4 is 11.1 Å². The number of aromatic nitrogens is 1. The summed E-state index contributed by atoms with van der Waals surface area (Å²) in [5.41, 5.74) is 9.23. The lowest BCUT2D eigenvalue weighted by Crippen LogP contribution is -2.23. The van der Waals surface area contributed by atoms with Crippen molar-refractivity contribution >= 4 is 5.91 Å². The van der Waals surface area contributed by atoms with E-state index in [1.54, 1.807) is 12.4 Å². The second kappa shape index (κ2) is 6.11. The Morgan fingerprint density at radius 2 is 2.05 bits per heavy atom. The van der Waals surface area contributed by atoms with Crippen LogP contribution in [0.3, 0.4) is 0 Å². The van der Waals surface area contributed by atoms with Gasteiger partial charge in [-0.2, -0.15) is 0 Å². The summed E-state index contributed by atoms with van der Waals surface area (Å²) < 4.78 is 0. The van der Waals surface area contributed by atoms with Gasteiger partial charge in [0.05, 0.1) is 5.56 Å². The highest BCUT2D eigenvalue weighted by molar-refractivity contribution is 5.93. The number of hydrogen-bond donors (Lipinski definition) is 2. The highest BCUT2D eigenvalue weighted by Gasteiger charge is 2.05. The topological polar surface area (TPSA) is 68.0 Å². The Hall–Kier alpha value is -2.20. The quantitative estimate of drug-likeness (QED) is 0.875. The molecule has 2 rings (SSSR count). The van der Waals surface area contributed by atoms with Gasteiger partial charge in [-0.3, -0.25) is 9.78 Å². The SMILES string of the molecule is Cc1cncc(C(=O)NCc2cccc(CN)c2)c1. The molecule has 0 bridgehead atoms. The van der Waals surface area contributed by atoms with Crippen molar-refractivity contribution in [1.29, 1.82) is 0 Å². The molecule has 0 radical (unpaired) electrons. The zero-order chi connectivity index (χ0) is 13.7. The van der Waals surface area contributed by atoms with Crippen LogP contribution in [0.1, 0.15) is 27.0 Å². The molecule has 4 nitrogen and oxygen atoms in total. The predicted molar refractivity (Wildman–Crippen MR) is 74.5 cm³/mol. The zero-order valence-electron chi connectivity index (χ0n) is 10.9. The molecule has 1 aromatic heterocycles. The fraction of sp³-hybridized carbons (Fsp3) is 0.200. The van der Waals surface area contributed by atoms with E-state index in [1.165, 1.54) is 0 Å². The molecule has 1 aromatic carbocycles. The molecule has 0 unspecified atom stereocenters. The van der Waals surface area contributed by atoms with Gasteiger partial charge >= 0.3 is 0 Å². The van der Waals surface area contributed by atoms with Gasteiger partial charge in [-0.1, -0.05) is 24.3 Å². The summed E-state index contributed by atoms with van der Waals surface area (Å²) in [5, 5.41) is 2.87. The first-order chi connectivity index (χ1) is 9.19. The summed E-state index contributed by atoms with van der Waals surface area (Å²) in [4.78, 5) is 16.0. The van der Waals surface area contributed by atoms with E-state index < -0.39 is 0 Å². The van der Waals surface area contributed by atoms with Gasteiger partial charge < -0.3 is 11.1 Å². The van der Waals surface area contributed by atoms with E-state index in [9.17, 15) is 4.79 Å². The van der Waals surface area contributed by atoms with Crippen molar-refractivity contribution in [2.24, 2.45) is 5.73 Å². The number of nitrogens with one attached hydrogen (secondary N) is 1. The molecule has 1 heterocycles. The maximum Gasteiger partial charge on any atom is 0.253 e. The van der Waals surface area contributed by atoms with E-state index in [0.29, 0.717) is 18.7 Å². The fourth-order valence-corrected chi connectivity index (χ4v) is 1.83. The predicted octanol–water partition coefficient (Wildman–Crippen LogP) is 1.78. The van der Waals surface area contributed by atoms with Crippen LogP contribution >= 0.6 is 0 Å². The van der Waals surface area contributed by atoms with E-state index in [2.05, 4.69) is 10.3 Å². The molecule has 0 aliphatic carbocycles. The second-order valence-corrected chi connectivity index (χ2v) is 4.46. The molecule has 3 N–H and O–H groups in total. The monoisotopic (exact) mass is 255 g/mol. The fourth-order valence-electron chi connectivity index (χ4n) is 1.83. The molecule has 2 aromatic rings. The van der Waals surface area contributed by atoms with E-state index in [4.69, 9.17) is 5.73 Å². The molecule has 0 aliphatic rings. The average Bonchev–Trinajstić information content (AvgIpc) is 2.45. The third-order valence-electron chi connectivity index (χ3n) is 2.82. The van der Waals surface area contributed by atoms with Crippen molar-refractivity contribution in [3.8, 4) is 0 Å². The Kier molecular flexibility index (Phi) is 4.26. The molecule has 0 atom stereocenters. The molecule has 98 valence electrons. The van der Waals surface area contributed by atoms with E-state index in [-0.39, 0.29) is 5.91 Å². The van der Waals surface area contributed by atoms with Gasteiger partial charge in [0.1, 0.15) is 0 Å². The van der Waals surface area contributed by atoms with Crippen molar-refractivity contribution in [3.05, 3.63) is 65.0 Å². The lowest BCUT2D eigenvalue weighted by molar-refractivity contribution is 0.0950. The molecule has 0 fully saturated rings. The molecule has 4 heteroatoms. The largest absolute Gasteiger partial charge is 0.348 e. The van der Waals surface area contributed by atoms with E-state index >= 15 is 0 Å². The minimum atomic E-state index is -0.116. The normalized spacial score (nSPS) is 10.2. The minimum Gasteiger partial charge on any atom is -0.348 e. The number of amides is 1. The summed E-state index contributed by atoms with van der Waals surface area (Å²) in [6.07, 6.45) is 3.29. The molecule has 19 heavy (non-hydrogen) atoms. The first-order valence-corrected chi connectivity index (χ1v) is 6.17. The maximum atomic E-state index is 11.9. The van der Waals surface area contributed by atoms with Crippen LogP contribution in [0.4, 0.5) is 0 Å². The third-order valence-corrected chi connectivity index (χ3v) is 2.82. The zero-order valence-corrected chi connectivity index (χ0v) is 10.9. The van der Waals surface area contributed by atoms with Gasteiger partial charge in [0, 0.05) is 25.5 Å². The highest BCUT2D eigenvalue weighted by Crippen LogP contribution is 2.05. The summed E-state index contributed by atoms with van der Waals surface area (Å²) in [5.74, 6) is -0.116. The molecule has 0 aliphatic heterocycles. The van der Waals surface area contributed by atoms with Crippen molar-refractivity contribution < 1.29 is 4.79 Å². The van der Waals surface area contributed by atoms with Crippen LogP contribution in [-0.4, -0.2) is 10.9 Å². The van der Waals surface area contributed by atoms with Gasteiger partial charge in [-0.05, 0) is 29.7 Å². The van der Waals surface area contributed by atoms with Crippen molar-refractivity contribution in [2.45, 2.75) is 20.0 Å². The lowest BCUT2D eigenvalue weighted by atomic mass is 10.1. The van der Waals surface area contributed by atoms with Crippen molar-refractivity contribution in [3.63, 3.8) is 0 Å². The molecule has 0 spiro atoms. The number of nitrogens with two attached hydrogens (primary N) is 1. The van der Waals surface area contributed by atoms with Crippen LogP contribution in [0.15, 0.2) is 42.7 Å². The van der Waals surface area contributed by atoms with Crippen LogP contribution in [0.25, 0.3) is 0 Å². The Bertz CT molecular complexity index is 581. The summed E-state index contributed by atoms with van der Waals surface area (Å²) in [6.45, 7) is 2.90. The molecule has 0 saturated carbocycles. The Morgan fingerprint density at radius 1 is 1.26 bits per heavy atom. The van der Waals surface area contributed by atoms with Gasteiger partial charge in [0.25, 0.3) is 5.91 Å². The molecule has 1 amide bonds. The lowest BCUT2D eigenvalue weighted by Gasteiger charge is -2.07.